The van der Waals surface area contributed by atoms with Gasteiger partial charge >= 0.3 is 37.7 Å². The number of carbonyl (C=O) groups excluding carboxylic acids is 2. The fraction of sp³-hybridized carbons (Fsp3) is 0.625. The summed E-state index contributed by atoms with van der Waals surface area (Å²) < 4.78 is 64.4. The second kappa shape index (κ2) is 13.7. The van der Waals surface area contributed by atoms with Gasteiger partial charge in [0.25, 0.3) is 0 Å². The third-order valence-corrected chi connectivity index (χ3v) is 5.72. The van der Waals surface area contributed by atoms with E-state index in [1.807, 2.05) is 0 Å². The fourth-order valence-electron chi connectivity index (χ4n) is 1.65. The standard InChI is InChI=1S/2C8H15NO4S.Ca/c2*1-5(2)7(10)9-8(6(3)4)14(11,12)13;/h2*6,8H,1H2,2-4H3,(H,9,10)(H,11,12,13);/q;;+2/p-2. The molecule has 0 aliphatic rings. The van der Waals surface area contributed by atoms with Gasteiger partial charge in [-0.3, -0.25) is 9.59 Å². The Bertz CT molecular complexity index is 737. The Morgan fingerprint density at radius 2 is 0.931 bits per heavy atom. The SMILES string of the molecule is C=C(C)C(=O)NC(C(C)C)S(=O)(=O)[O-].C=C(C)C(=O)NC(C(C)C)S(=O)(=O)[O-].[Ca+2]. The molecule has 0 radical (unpaired) electrons. The van der Waals surface area contributed by atoms with Crippen molar-refractivity contribution in [2.75, 3.05) is 0 Å². The van der Waals surface area contributed by atoms with Gasteiger partial charge in [-0.1, -0.05) is 40.9 Å². The van der Waals surface area contributed by atoms with Crippen LogP contribution in [0.5, 0.6) is 0 Å². The van der Waals surface area contributed by atoms with E-state index >= 15 is 0 Å². The largest absolute Gasteiger partial charge is 2.00 e. The van der Waals surface area contributed by atoms with Gasteiger partial charge in [0, 0.05) is 11.1 Å². The molecule has 2 atom stereocenters. The van der Waals surface area contributed by atoms with E-state index in [9.17, 15) is 35.5 Å². The Kier molecular flexibility index (Phi) is 15.7. The zero-order valence-electron chi connectivity index (χ0n) is 17.5. The van der Waals surface area contributed by atoms with Crippen LogP contribution in [-0.2, 0) is 29.8 Å². The van der Waals surface area contributed by atoms with Crippen LogP contribution >= 0.6 is 0 Å². The molecule has 0 aromatic heterocycles. The first-order valence-electron chi connectivity index (χ1n) is 8.14. The summed E-state index contributed by atoms with van der Waals surface area (Å²) in [6.45, 7) is 15.7. The first-order valence-corrected chi connectivity index (χ1v) is 11.1. The molecule has 0 aromatic rings. The Labute approximate surface area is 203 Å². The minimum absolute atomic E-state index is 0. The molecule has 2 unspecified atom stereocenters. The van der Waals surface area contributed by atoms with Crippen molar-refractivity contribution in [3.05, 3.63) is 24.3 Å². The fourth-order valence-corrected chi connectivity index (χ4v) is 3.49. The van der Waals surface area contributed by atoms with Crippen molar-refractivity contribution in [1.82, 2.24) is 10.6 Å². The number of hydrogen-bond acceptors (Lipinski definition) is 8. The molecule has 0 saturated heterocycles. The maximum absolute atomic E-state index is 11.1. The first kappa shape index (κ1) is 33.1. The molecule has 2 N–H and O–H groups in total. The average molecular weight is 481 g/mol. The molecule has 0 heterocycles. The average Bonchev–Trinajstić information content (AvgIpc) is 2.46. The van der Waals surface area contributed by atoms with Crippen LogP contribution in [0, 0.1) is 11.8 Å². The smallest absolute Gasteiger partial charge is 0.746 e. The van der Waals surface area contributed by atoms with E-state index in [0.29, 0.717) is 0 Å². The molecule has 13 heteroatoms. The molecule has 164 valence electrons. The topological polar surface area (TPSA) is 173 Å². The maximum atomic E-state index is 11.1. The molecule has 10 nitrogen and oxygen atoms in total. The predicted molar refractivity (Wildman–Crippen MR) is 108 cm³/mol. The third kappa shape index (κ3) is 14.2. The number of hydrogen-bond donors (Lipinski definition) is 2. The molecular formula is C16H28CaN2O8S2. The molecular weight excluding hydrogens is 452 g/mol. The summed E-state index contributed by atoms with van der Waals surface area (Å²) in [4.78, 5) is 22.2. The first-order chi connectivity index (χ1) is 12.3. The Balaban J connectivity index is -0.000000451. The second-order valence-corrected chi connectivity index (χ2v) is 9.81. The van der Waals surface area contributed by atoms with Crippen molar-refractivity contribution in [3.63, 3.8) is 0 Å². The molecule has 29 heavy (non-hydrogen) atoms. The van der Waals surface area contributed by atoms with Crippen LogP contribution in [0.4, 0.5) is 0 Å². The Hall–Kier alpha value is -0.500. The molecule has 0 fully saturated rings. The van der Waals surface area contributed by atoms with Gasteiger partial charge in [-0.2, -0.15) is 0 Å². The molecule has 0 spiro atoms. The summed E-state index contributed by atoms with van der Waals surface area (Å²) in [6, 6.07) is 0. The normalized spacial score (nSPS) is 13.3. The summed E-state index contributed by atoms with van der Waals surface area (Å²) in [5.74, 6) is -2.19. The van der Waals surface area contributed by atoms with E-state index in [1.54, 1.807) is 27.7 Å². The van der Waals surface area contributed by atoms with Crippen molar-refractivity contribution >= 4 is 69.8 Å². The van der Waals surface area contributed by atoms with Gasteiger partial charge in [-0.05, 0) is 25.7 Å². The zero-order valence-corrected chi connectivity index (χ0v) is 21.4. The van der Waals surface area contributed by atoms with Crippen LogP contribution in [0.1, 0.15) is 41.5 Å². The summed E-state index contributed by atoms with van der Waals surface area (Å²) >= 11 is 0. The molecule has 0 aliphatic carbocycles. The number of nitrogens with one attached hydrogen (secondary N) is 2. The number of amides is 2. The Morgan fingerprint density at radius 1 is 0.724 bits per heavy atom. The summed E-state index contributed by atoms with van der Waals surface area (Å²) in [6.07, 6.45) is 0. The van der Waals surface area contributed by atoms with Crippen molar-refractivity contribution in [2.24, 2.45) is 11.8 Å². The number of rotatable bonds is 8. The van der Waals surface area contributed by atoms with Crippen LogP contribution in [0.2, 0.25) is 0 Å². The van der Waals surface area contributed by atoms with Crippen molar-refractivity contribution in [1.29, 1.82) is 0 Å². The molecule has 0 aromatic carbocycles. The van der Waals surface area contributed by atoms with Crippen molar-refractivity contribution < 1.29 is 35.5 Å². The second-order valence-electron chi connectivity index (χ2n) is 6.82. The van der Waals surface area contributed by atoms with Crippen molar-refractivity contribution in [2.45, 2.75) is 52.3 Å². The van der Waals surface area contributed by atoms with E-state index in [4.69, 9.17) is 0 Å². The zero-order chi connectivity index (χ0) is 23.0. The quantitative estimate of drug-likeness (QED) is 0.278. The summed E-state index contributed by atoms with van der Waals surface area (Å²) in [7, 11) is -9.03. The van der Waals surface area contributed by atoms with E-state index in [2.05, 4.69) is 23.8 Å². The van der Waals surface area contributed by atoms with Gasteiger partial charge in [0.1, 0.15) is 31.0 Å². The van der Waals surface area contributed by atoms with Crippen LogP contribution in [0.3, 0.4) is 0 Å². The molecule has 0 aliphatic heterocycles. The van der Waals surface area contributed by atoms with E-state index < -0.39 is 54.6 Å². The summed E-state index contributed by atoms with van der Waals surface area (Å²) in [5.41, 5.74) is 0.332. The van der Waals surface area contributed by atoms with Gasteiger partial charge in [0.05, 0.1) is 0 Å². The minimum atomic E-state index is -4.52. The molecule has 0 rings (SSSR count). The van der Waals surface area contributed by atoms with Crippen LogP contribution in [0.25, 0.3) is 0 Å². The van der Waals surface area contributed by atoms with E-state index in [-0.39, 0.29) is 48.9 Å². The number of carbonyl (C=O) groups is 2. The van der Waals surface area contributed by atoms with E-state index in [0.717, 1.165) is 0 Å². The molecule has 2 amide bonds. The van der Waals surface area contributed by atoms with Gasteiger partial charge in [-0.25, -0.2) is 16.8 Å². The molecule has 0 bridgehead atoms. The van der Waals surface area contributed by atoms with Crippen LogP contribution in [0.15, 0.2) is 24.3 Å². The third-order valence-electron chi connectivity index (χ3n) is 3.15. The van der Waals surface area contributed by atoms with Crippen LogP contribution < -0.4 is 10.6 Å². The van der Waals surface area contributed by atoms with Gasteiger partial charge in [0.2, 0.25) is 11.8 Å². The maximum Gasteiger partial charge on any atom is 2.00 e. The van der Waals surface area contributed by atoms with Gasteiger partial charge in [-0.15, -0.1) is 0 Å². The van der Waals surface area contributed by atoms with Crippen molar-refractivity contribution in [3.8, 4) is 0 Å². The van der Waals surface area contributed by atoms with Gasteiger partial charge in [0.15, 0.2) is 0 Å². The van der Waals surface area contributed by atoms with Crippen LogP contribution in [-0.4, -0.2) is 86.2 Å². The monoisotopic (exact) mass is 480 g/mol. The van der Waals surface area contributed by atoms with Gasteiger partial charge < -0.3 is 19.7 Å². The predicted octanol–water partition coefficient (Wildman–Crippen LogP) is 0.0312. The minimum Gasteiger partial charge on any atom is -0.746 e. The van der Waals surface area contributed by atoms with E-state index in [1.165, 1.54) is 13.8 Å². The molecule has 0 saturated carbocycles. The Morgan fingerprint density at radius 3 is 1.03 bits per heavy atom. The summed E-state index contributed by atoms with van der Waals surface area (Å²) in [5, 5.41) is 1.44.